The van der Waals surface area contributed by atoms with Crippen LogP contribution in [0.2, 0.25) is 0 Å². The highest BCUT2D eigenvalue weighted by Crippen LogP contribution is 2.33. The average molecular weight is 353 g/mol. The van der Waals surface area contributed by atoms with Gasteiger partial charge in [0.05, 0.1) is 16.7 Å². The fourth-order valence-electron chi connectivity index (χ4n) is 3.12. The summed E-state index contributed by atoms with van der Waals surface area (Å²) in [6.45, 7) is 4.10. The number of ether oxygens (including phenoxy) is 2. The molecule has 7 heteroatoms. The van der Waals surface area contributed by atoms with Crippen molar-refractivity contribution in [1.29, 1.82) is 0 Å². The minimum atomic E-state index is -0.291. The standard InChI is InChI=1S/C19H19N3O4/c1-10-7-13-18(22-19(24)20-13)17(11(10)2)21-16(23)6-4-12-3-5-14-15(8-12)26-9-25-14/h3,5,7-8H,4,6,9H2,1-2H3,(H,21,23)(H2,20,22,24). The number of hydrogen-bond donors (Lipinski definition) is 3. The molecular weight excluding hydrogens is 334 g/mol. The number of imidazole rings is 1. The van der Waals surface area contributed by atoms with Gasteiger partial charge in [0.2, 0.25) is 12.7 Å². The van der Waals surface area contributed by atoms with Gasteiger partial charge >= 0.3 is 5.69 Å². The van der Waals surface area contributed by atoms with Crippen LogP contribution in [0.1, 0.15) is 23.1 Å². The maximum atomic E-state index is 12.5. The van der Waals surface area contributed by atoms with E-state index in [1.165, 1.54) is 0 Å². The predicted octanol–water partition coefficient (Wildman–Crippen LogP) is 2.77. The maximum absolute atomic E-state index is 12.5. The van der Waals surface area contributed by atoms with Crippen LogP contribution in [-0.4, -0.2) is 22.7 Å². The number of carbonyl (C=O) groups excluding carboxylic acids is 1. The topological polar surface area (TPSA) is 96.2 Å². The van der Waals surface area contributed by atoms with Crippen LogP contribution >= 0.6 is 0 Å². The molecule has 1 aromatic heterocycles. The Kier molecular flexibility index (Phi) is 3.91. The molecule has 0 saturated carbocycles. The van der Waals surface area contributed by atoms with E-state index < -0.39 is 0 Å². The zero-order valence-electron chi connectivity index (χ0n) is 14.6. The van der Waals surface area contributed by atoms with Gasteiger partial charge in [-0.15, -0.1) is 0 Å². The summed E-state index contributed by atoms with van der Waals surface area (Å²) in [4.78, 5) is 29.6. The Bertz CT molecular complexity index is 1060. The van der Waals surface area contributed by atoms with Crippen LogP contribution < -0.4 is 20.5 Å². The lowest BCUT2D eigenvalue weighted by molar-refractivity contribution is -0.116. The molecule has 0 bridgehead atoms. The van der Waals surface area contributed by atoms with Gasteiger partial charge in [-0.05, 0) is 55.2 Å². The van der Waals surface area contributed by atoms with Gasteiger partial charge in [0, 0.05) is 6.42 Å². The molecule has 0 spiro atoms. The van der Waals surface area contributed by atoms with E-state index in [1.807, 2.05) is 38.1 Å². The molecule has 7 nitrogen and oxygen atoms in total. The number of aromatic amines is 2. The van der Waals surface area contributed by atoms with Gasteiger partial charge in [-0.3, -0.25) is 4.79 Å². The van der Waals surface area contributed by atoms with Crippen LogP contribution in [0.25, 0.3) is 11.0 Å². The second kappa shape index (κ2) is 6.25. The molecule has 0 aliphatic carbocycles. The molecule has 1 aliphatic heterocycles. The van der Waals surface area contributed by atoms with Gasteiger partial charge in [-0.1, -0.05) is 6.07 Å². The summed E-state index contributed by atoms with van der Waals surface area (Å²) in [5, 5.41) is 2.94. The van der Waals surface area contributed by atoms with Crippen molar-refractivity contribution in [2.75, 3.05) is 12.1 Å². The molecule has 3 aromatic rings. The van der Waals surface area contributed by atoms with Crippen molar-refractivity contribution in [2.24, 2.45) is 0 Å². The van der Waals surface area contributed by atoms with Crippen LogP contribution in [-0.2, 0) is 11.2 Å². The summed E-state index contributed by atoms with van der Waals surface area (Å²) >= 11 is 0. The van der Waals surface area contributed by atoms with Crippen LogP contribution in [0.15, 0.2) is 29.1 Å². The smallest absolute Gasteiger partial charge is 0.323 e. The molecule has 0 saturated heterocycles. The van der Waals surface area contributed by atoms with E-state index >= 15 is 0 Å². The van der Waals surface area contributed by atoms with Crippen molar-refractivity contribution >= 4 is 22.6 Å². The Labute approximate surface area is 149 Å². The summed E-state index contributed by atoms with van der Waals surface area (Å²) in [6, 6.07) is 7.58. The summed E-state index contributed by atoms with van der Waals surface area (Å²) in [6.07, 6.45) is 0.906. The molecule has 134 valence electrons. The number of rotatable bonds is 4. The Hall–Kier alpha value is -3.22. The third-order valence-corrected chi connectivity index (χ3v) is 4.68. The van der Waals surface area contributed by atoms with Gasteiger partial charge in [0.15, 0.2) is 11.5 Å². The van der Waals surface area contributed by atoms with Crippen molar-refractivity contribution in [1.82, 2.24) is 9.97 Å². The lowest BCUT2D eigenvalue weighted by Gasteiger charge is -2.12. The summed E-state index contributed by atoms with van der Waals surface area (Å²) in [5.41, 5.74) is 4.60. The van der Waals surface area contributed by atoms with Gasteiger partial charge in [0.1, 0.15) is 0 Å². The number of carbonyl (C=O) groups is 1. The van der Waals surface area contributed by atoms with Crippen molar-refractivity contribution in [3.63, 3.8) is 0 Å². The molecule has 0 fully saturated rings. The van der Waals surface area contributed by atoms with Gasteiger partial charge < -0.3 is 24.8 Å². The predicted molar refractivity (Wildman–Crippen MR) is 97.9 cm³/mol. The van der Waals surface area contributed by atoms with E-state index in [0.717, 1.165) is 22.4 Å². The Morgan fingerprint density at radius 2 is 1.96 bits per heavy atom. The maximum Gasteiger partial charge on any atom is 0.323 e. The third kappa shape index (κ3) is 2.92. The number of anilines is 1. The lowest BCUT2D eigenvalue weighted by atomic mass is 10.1. The highest BCUT2D eigenvalue weighted by atomic mass is 16.7. The highest BCUT2D eigenvalue weighted by molar-refractivity contribution is 6.01. The zero-order valence-corrected chi connectivity index (χ0v) is 14.6. The molecule has 4 rings (SSSR count). The third-order valence-electron chi connectivity index (χ3n) is 4.68. The molecular formula is C19H19N3O4. The van der Waals surface area contributed by atoms with E-state index in [-0.39, 0.29) is 18.4 Å². The number of hydrogen-bond acceptors (Lipinski definition) is 4. The van der Waals surface area contributed by atoms with Crippen LogP contribution in [0.5, 0.6) is 11.5 Å². The lowest BCUT2D eigenvalue weighted by Crippen LogP contribution is -2.14. The van der Waals surface area contributed by atoms with Crippen LogP contribution in [0, 0.1) is 13.8 Å². The first-order valence-corrected chi connectivity index (χ1v) is 8.42. The molecule has 0 unspecified atom stereocenters. The van der Waals surface area contributed by atoms with E-state index in [1.54, 1.807) is 0 Å². The minimum absolute atomic E-state index is 0.111. The highest BCUT2D eigenvalue weighted by Gasteiger charge is 2.15. The molecule has 1 amide bonds. The number of benzene rings is 2. The van der Waals surface area contributed by atoms with Crippen molar-refractivity contribution < 1.29 is 14.3 Å². The SMILES string of the molecule is Cc1cc2[nH]c(=O)[nH]c2c(NC(=O)CCc2ccc3c(c2)OCO3)c1C. The largest absolute Gasteiger partial charge is 0.454 e. The van der Waals surface area contributed by atoms with E-state index in [9.17, 15) is 9.59 Å². The average Bonchev–Trinajstić information content (AvgIpc) is 3.22. The fraction of sp³-hybridized carbons (Fsp3) is 0.263. The number of H-pyrrole nitrogens is 2. The van der Waals surface area contributed by atoms with Gasteiger partial charge in [0.25, 0.3) is 0 Å². The number of aromatic nitrogens is 2. The Morgan fingerprint density at radius 3 is 2.81 bits per heavy atom. The fourth-order valence-corrected chi connectivity index (χ4v) is 3.12. The number of aryl methyl sites for hydroxylation is 2. The quantitative estimate of drug-likeness (QED) is 0.672. The Morgan fingerprint density at radius 1 is 1.15 bits per heavy atom. The van der Waals surface area contributed by atoms with E-state index in [0.29, 0.717) is 35.3 Å². The number of amides is 1. The number of nitrogens with one attached hydrogen (secondary N) is 3. The first kappa shape index (κ1) is 16.3. The molecule has 0 radical (unpaired) electrons. The summed E-state index contributed by atoms with van der Waals surface area (Å²) < 4.78 is 10.7. The molecule has 0 atom stereocenters. The van der Waals surface area contributed by atoms with Gasteiger partial charge in [-0.2, -0.15) is 0 Å². The first-order valence-electron chi connectivity index (χ1n) is 8.42. The Balaban J connectivity index is 1.51. The zero-order chi connectivity index (χ0) is 18.3. The summed E-state index contributed by atoms with van der Waals surface area (Å²) in [7, 11) is 0. The summed E-state index contributed by atoms with van der Waals surface area (Å²) in [5.74, 6) is 1.33. The second-order valence-electron chi connectivity index (χ2n) is 6.43. The molecule has 1 aliphatic rings. The first-order chi connectivity index (χ1) is 12.5. The molecule has 26 heavy (non-hydrogen) atoms. The van der Waals surface area contributed by atoms with Gasteiger partial charge in [-0.25, -0.2) is 4.79 Å². The van der Waals surface area contributed by atoms with Crippen molar-refractivity contribution in [3.05, 3.63) is 51.4 Å². The molecule has 3 N–H and O–H groups in total. The minimum Gasteiger partial charge on any atom is -0.454 e. The number of fused-ring (bicyclic) bond motifs is 2. The van der Waals surface area contributed by atoms with Crippen LogP contribution in [0.3, 0.4) is 0 Å². The molecule has 2 heterocycles. The monoisotopic (exact) mass is 353 g/mol. The van der Waals surface area contributed by atoms with Crippen molar-refractivity contribution in [3.8, 4) is 11.5 Å². The molecule has 2 aromatic carbocycles. The second-order valence-corrected chi connectivity index (χ2v) is 6.43. The normalized spacial score (nSPS) is 12.5. The van der Waals surface area contributed by atoms with Crippen LogP contribution in [0.4, 0.5) is 5.69 Å². The van der Waals surface area contributed by atoms with E-state index in [2.05, 4.69) is 15.3 Å². The van der Waals surface area contributed by atoms with Crippen molar-refractivity contribution in [2.45, 2.75) is 26.7 Å². The van der Waals surface area contributed by atoms with E-state index in [4.69, 9.17) is 9.47 Å².